The van der Waals surface area contributed by atoms with Crippen LogP contribution in [0.4, 0.5) is 0 Å². The van der Waals surface area contributed by atoms with Gasteiger partial charge in [-0.2, -0.15) is 0 Å². The third-order valence-corrected chi connectivity index (χ3v) is 4.73. The van der Waals surface area contributed by atoms with Gasteiger partial charge in [0, 0.05) is 23.6 Å². The Kier molecular flexibility index (Phi) is 4.78. The van der Waals surface area contributed by atoms with Gasteiger partial charge in [0.2, 0.25) is 0 Å². The van der Waals surface area contributed by atoms with E-state index in [1.165, 1.54) is 0 Å². The van der Waals surface area contributed by atoms with Crippen LogP contribution in [0.5, 0.6) is 0 Å². The van der Waals surface area contributed by atoms with Gasteiger partial charge in [-0.25, -0.2) is 0 Å². The Morgan fingerprint density at radius 1 is 1.31 bits per heavy atom. The van der Waals surface area contributed by atoms with Crippen molar-refractivity contribution in [2.24, 2.45) is 5.41 Å². The van der Waals surface area contributed by atoms with Crippen molar-refractivity contribution in [3.8, 4) is 0 Å². The van der Waals surface area contributed by atoms with Gasteiger partial charge in [-0.05, 0) is 31.2 Å². The SMILES string of the molecule is CCC(CC)(CBr)Cn1c(C)cccc1=O. The molecule has 0 aromatic carbocycles. The molecule has 1 aromatic rings. The predicted molar refractivity (Wildman–Crippen MR) is 72.2 cm³/mol. The van der Waals surface area contributed by atoms with E-state index in [0.29, 0.717) is 0 Å². The van der Waals surface area contributed by atoms with Crippen molar-refractivity contribution in [3.05, 3.63) is 34.2 Å². The molecule has 0 aliphatic heterocycles. The number of aromatic nitrogens is 1. The van der Waals surface area contributed by atoms with Gasteiger partial charge in [0.15, 0.2) is 0 Å². The fraction of sp³-hybridized carbons (Fsp3) is 0.615. The van der Waals surface area contributed by atoms with Gasteiger partial charge in [-0.1, -0.05) is 35.8 Å². The van der Waals surface area contributed by atoms with E-state index in [1.54, 1.807) is 6.07 Å². The summed E-state index contributed by atoms with van der Waals surface area (Å²) in [6.45, 7) is 7.17. The average Bonchev–Trinajstić information content (AvgIpc) is 2.30. The smallest absolute Gasteiger partial charge is 0.250 e. The quantitative estimate of drug-likeness (QED) is 0.761. The summed E-state index contributed by atoms with van der Waals surface area (Å²) < 4.78 is 1.88. The Labute approximate surface area is 106 Å². The molecule has 0 atom stereocenters. The van der Waals surface area contributed by atoms with Crippen LogP contribution >= 0.6 is 15.9 Å². The summed E-state index contributed by atoms with van der Waals surface area (Å²) in [5, 5.41) is 0.938. The zero-order chi connectivity index (χ0) is 12.2. The maximum absolute atomic E-state index is 11.8. The lowest BCUT2D eigenvalue weighted by Gasteiger charge is -2.31. The van der Waals surface area contributed by atoms with Gasteiger partial charge < -0.3 is 4.57 Å². The summed E-state index contributed by atoms with van der Waals surface area (Å²) >= 11 is 3.58. The van der Waals surface area contributed by atoms with Crippen molar-refractivity contribution >= 4 is 15.9 Å². The lowest BCUT2D eigenvalue weighted by molar-refractivity contribution is 0.254. The van der Waals surface area contributed by atoms with Crippen LogP contribution in [0.1, 0.15) is 32.4 Å². The van der Waals surface area contributed by atoms with Crippen molar-refractivity contribution in [2.75, 3.05) is 5.33 Å². The summed E-state index contributed by atoms with van der Waals surface area (Å²) in [6.07, 6.45) is 2.16. The minimum Gasteiger partial charge on any atom is -0.312 e. The molecule has 1 rings (SSSR count). The van der Waals surface area contributed by atoms with Gasteiger partial charge in [-0.15, -0.1) is 0 Å². The molecular weight excluding hydrogens is 266 g/mol. The monoisotopic (exact) mass is 285 g/mol. The van der Waals surface area contributed by atoms with Crippen LogP contribution in [0.15, 0.2) is 23.0 Å². The number of aryl methyl sites for hydroxylation is 1. The molecule has 0 aliphatic carbocycles. The summed E-state index contributed by atoms with van der Waals surface area (Å²) in [4.78, 5) is 11.8. The van der Waals surface area contributed by atoms with Crippen LogP contribution in [0.25, 0.3) is 0 Å². The van der Waals surface area contributed by atoms with E-state index in [1.807, 2.05) is 23.6 Å². The minimum absolute atomic E-state index is 0.104. The Morgan fingerprint density at radius 3 is 2.38 bits per heavy atom. The first-order valence-electron chi connectivity index (χ1n) is 5.81. The zero-order valence-electron chi connectivity index (χ0n) is 10.3. The summed E-state index contributed by atoms with van der Waals surface area (Å²) in [6, 6.07) is 5.45. The molecule has 0 amide bonds. The summed E-state index contributed by atoms with van der Waals surface area (Å²) in [7, 11) is 0. The highest BCUT2D eigenvalue weighted by atomic mass is 79.9. The lowest BCUT2D eigenvalue weighted by atomic mass is 9.84. The number of pyridine rings is 1. The lowest BCUT2D eigenvalue weighted by Crippen LogP contribution is -2.33. The zero-order valence-corrected chi connectivity index (χ0v) is 11.9. The highest BCUT2D eigenvalue weighted by Crippen LogP contribution is 2.30. The molecule has 0 radical (unpaired) electrons. The molecule has 90 valence electrons. The fourth-order valence-electron chi connectivity index (χ4n) is 1.87. The molecule has 16 heavy (non-hydrogen) atoms. The van der Waals surface area contributed by atoms with E-state index >= 15 is 0 Å². The molecule has 0 fully saturated rings. The minimum atomic E-state index is 0.104. The maximum Gasteiger partial charge on any atom is 0.250 e. The van der Waals surface area contributed by atoms with Crippen molar-refractivity contribution in [2.45, 2.75) is 40.2 Å². The highest BCUT2D eigenvalue weighted by Gasteiger charge is 2.26. The van der Waals surface area contributed by atoms with Gasteiger partial charge in [0.25, 0.3) is 5.56 Å². The normalized spacial score (nSPS) is 11.8. The molecule has 0 saturated heterocycles. The molecule has 0 saturated carbocycles. The van der Waals surface area contributed by atoms with Crippen LogP contribution in [0, 0.1) is 12.3 Å². The van der Waals surface area contributed by atoms with Gasteiger partial charge >= 0.3 is 0 Å². The Balaban J connectivity index is 3.07. The Morgan fingerprint density at radius 2 is 1.94 bits per heavy atom. The summed E-state index contributed by atoms with van der Waals surface area (Å²) in [5.74, 6) is 0. The largest absolute Gasteiger partial charge is 0.312 e. The van der Waals surface area contributed by atoms with E-state index in [2.05, 4.69) is 29.8 Å². The van der Waals surface area contributed by atoms with Crippen molar-refractivity contribution in [3.63, 3.8) is 0 Å². The number of hydrogen-bond acceptors (Lipinski definition) is 1. The van der Waals surface area contributed by atoms with Crippen molar-refractivity contribution < 1.29 is 0 Å². The molecule has 0 aliphatic rings. The standard InChI is InChI=1S/C13H20BrNO/c1-4-13(5-2,9-14)10-15-11(3)7-6-8-12(15)16/h6-8H,4-5,9-10H2,1-3H3. The number of alkyl halides is 1. The molecule has 1 aromatic heterocycles. The molecule has 0 unspecified atom stereocenters. The number of hydrogen-bond donors (Lipinski definition) is 0. The van der Waals surface area contributed by atoms with Crippen LogP contribution in [-0.4, -0.2) is 9.90 Å². The average molecular weight is 286 g/mol. The molecule has 0 bridgehead atoms. The molecule has 0 N–H and O–H groups in total. The fourth-order valence-corrected chi connectivity index (χ4v) is 2.84. The molecular formula is C13H20BrNO. The first kappa shape index (κ1) is 13.5. The molecule has 0 spiro atoms. The van der Waals surface area contributed by atoms with Crippen LogP contribution in [0.3, 0.4) is 0 Å². The number of rotatable bonds is 5. The first-order valence-corrected chi connectivity index (χ1v) is 6.93. The summed E-state index contributed by atoms with van der Waals surface area (Å²) in [5.41, 5.74) is 1.34. The topological polar surface area (TPSA) is 22.0 Å². The van der Waals surface area contributed by atoms with E-state index in [9.17, 15) is 4.79 Å². The molecule has 3 heteroatoms. The Bertz CT molecular complexity index is 385. The Hall–Kier alpha value is -0.570. The van der Waals surface area contributed by atoms with E-state index in [-0.39, 0.29) is 11.0 Å². The van der Waals surface area contributed by atoms with Crippen LogP contribution < -0.4 is 5.56 Å². The van der Waals surface area contributed by atoms with Gasteiger partial charge in [0.1, 0.15) is 0 Å². The number of halogens is 1. The van der Waals surface area contributed by atoms with Gasteiger partial charge in [-0.3, -0.25) is 4.79 Å². The molecule has 1 heterocycles. The van der Waals surface area contributed by atoms with Crippen molar-refractivity contribution in [1.29, 1.82) is 0 Å². The van der Waals surface area contributed by atoms with Gasteiger partial charge in [0.05, 0.1) is 0 Å². The molecule has 2 nitrogen and oxygen atoms in total. The first-order chi connectivity index (χ1) is 7.58. The third-order valence-electron chi connectivity index (χ3n) is 3.55. The van der Waals surface area contributed by atoms with Crippen LogP contribution in [0.2, 0.25) is 0 Å². The number of nitrogens with zero attached hydrogens (tertiary/aromatic N) is 1. The van der Waals surface area contributed by atoms with E-state index < -0.39 is 0 Å². The van der Waals surface area contributed by atoms with E-state index in [0.717, 1.165) is 30.4 Å². The van der Waals surface area contributed by atoms with E-state index in [4.69, 9.17) is 0 Å². The van der Waals surface area contributed by atoms with Crippen LogP contribution in [-0.2, 0) is 6.54 Å². The predicted octanol–water partition coefficient (Wildman–Crippen LogP) is 3.36. The second-order valence-corrected chi connectivity index (χ2v) is 4.99. The maximum atomic E-state index is 11.8. The second kappa shape index (κ2) is 5.67. The van der Waals surface area contributed by atoms with Crippen molar-refractivity contribution in [1.82, 2.24) is 4.57 Å². The second-order valence-electron chi connectivity index (χ2n) is 4.43. The third kappa shape index (κ3) is 2.76. The highest BCUT2D eigenvalue weighted by molar-refractivity contribution is 9.09.